The van der Waals surface area contributed by atoms with Crippen molar-refractivity contribution in [2.24, 2.45) is 4.99 Å². The first-order chi connectivity index (χ1) is 9.11. The monoisotopic (exact) mass is 397 g/mol. The van der Waals surface area contributed by atoms with Crippen molar-refractivity contribution >= 4 is 29.9 Å². The summed E-state index contributed by atoms with van der Waals surface area (Å²) in [7, 11) is 4.04. The molecule has 2 N–H and O–H groups in total. The molecule has 0 aromatic heterocycles. The van der Waals surface area contributed by atoms with E-state index in [9.17, 15) is 0 Å². The summed E-state index contributed by atoms with van der Waals surface area (Å²) in [5.74, 6) is 0.908. The summed E-state index contributed by atoms with van der Waals surface area (Å²) in [6, 6.07) is 0.423. The summed E-state index contributed by atoms with van der Waals surface area (Å²) in [5.41, 5.74) is 0. The van der Waals surface area contributed by atoms with Gasteiger partial charge in [-0.15, -0.1) is 24.0 Å². The fourth-order valence-electron chi connectivity index (χ4n) is 2.30. The molecule has 0 radical (unpaired) electrons. The molecular formula is C14H32IN5. The molecule has 1 rings (SSSR count). The van der Waals surface area contributed by atoms with E-state index < -0.39 is 0 Å². The van der Waals surface area contributed by atoms with E-state index in [0.717, 1.165) is 12.5 Å². The number of halogens is 1. The van der Waals surface area contributed by atoms with E-state index in [4.69, 9.17) is 0 Å². The lowest BCUT2D eigenvalue weighted by atomic mass is 10.3. The Hall–Kier alpha value is -0.0800. The van der Waals surface area contributed by atoms with Crippen molar-refractivity contribution in [2.45, 2.75) is 32.7 Å². The van der Waals surface area contributed by atoms with Crippen LogP contribution in [0.5, 0.6) is 0 Å². The molecule has 0 unspecified atom stereocenters. The molecule has 0 aromatic rings. The van der Waals surface area contributed by atoms with Crippen molar-refractivity contribution in [3.63, 3.8) is 0 Å². The van der Waals surface area contributed by atoms with Gasteiger partial charge in [-0.2, -0.15) is 0 Å². The van der Waals surface area contributed by atoms with Crippen LogP contribution in [0.2, 0.25) is 0 Å². The maximum atomic E-state index is 4.21. The highest BCUT2D eigenvalue weighted by atomic mass is 127. The zero-order chi connectivity index (χ0) is 14.1. The summed E-state index contributed by atoms with van der Waals surface area (Å²) in [6.45, 7) is 11.3. The lowest BCUT2D eigenvalue weighted by molar-refractivity contribution is 0.274. The van der Waals surface area contributed by atoms with E-state index in [1.54, 1.807) is 0 Å². The lowest BCUT2D eigenvalue weighted by Gasteiger charge is -2.20. The predicted molar refractivity (Wildman–Crippen MR) is 98.2 cm³/mol. The minimum absolute atomic E-state index is 0. The van der Waals surface area contributed by atoms with Crippen LogP contribution in [0.3, 0.4) is 0 Å². The lowest BCUT2D eigenvalue weighted by Crippen LogP contribution is -2.42. The van der Waals surface area contributed by atoms with Gasteiger partial charge in [0.05, 0.1) is 0 Å². The molecule has 6 heteroatoms. The summed E-state index contributed by atoms with van der Waals surface area (Å²) in [5, 5.41) is 6.67. The molecule has 1 aliphatic heterocycles. The molecule has 0 aliphatic carbocycles. The molecule has 1 aliphatic rings. The van der Waals surface area contributed by atoms with Crippen LogP contribution in [0.1, 0.15) is 26.7 Å². The van der Waals surface area contributed by atoms with Gasteiger partial charge in [-0.1, -0.05) is 0 Å². The first kappa shape index (κ1) is 19.9. The first-order valence-electron chi connectivity index (χ1n) is 7.50. The molecule has 1 saturated heterocycles. The van der Waals surface area contributed by atoms with Gasteiger partial charge in [0.25, 0.3) is 0 Å². The Morgan fingerprint density at radius 3 is 2.60 bits per heavy atom. The van der Waals surface area contributed by atoms with E-state index in [1.807, 2.05) is 7.05 Å². The second-order valence-corrected chi connectivity index (χ2v) is 5.65. The van der Waals surface area contributed by atoms with Crippen molar-refractivity contribution < 1.29 is 0 Å². The standard InChI is InChI=1S/C14H31N5.HI/c1-13(2)17-14(15-3)16-7-5-9-19-10-6-8-18(4)11-12-19;/h13H,5-12H2,1-4H3,(H2,15,16,17);1H. The van der Waals surface area contributed by atoms with Crippen LogP contribution in [-0.2, 0) is 0 Å². The van der Waals surface area contributed by atoms with Crippen molar-refractivity contribution in [1.82, 2.24) is 20.4 Å². The molecule has 0 spiro atoms. The maximum absolute atomic E-state index is 4.21. The smallest absolute Gasteiger partial charge is 0.191 e. The topological polar surface area (TPSA) is 42.9 Å². The van der Waals surface area contributed by atoms with Crippen molar-refractivity contribution in [3.05, 3.63) is 0 Å². The van der Waals surface area contributed by atoms with Crippen LogP contribution in [0.4, 0.5) is 0 Å². The Kier molecular flexibility index (Phi) is 11.5. The number of nitrogens with one attached hydrogen (secondary N) is 2. The predicted octanol–water partition coefficient (Wildman–Crippen LogP) is 1.21. The van der Waals surface area contributed by atoms with Crippen molar-refractivity contribution in [1.29, 1.82) is 0 Å². The Morgan fingerprint density at radius 2 is 1.95 bits per heavy atom. The molecule has 0 saturated carbocycles. The highest BCUT2D eigenvalue weighted by Crippen LogP contribution is 2.01. The fourth-order valence-corrected chi connectivity index (χ4v) is 2.30. The maximum Gasteiger partial charge on any atom is 0.191 e. The Bertz CT molecular complexity index is 270. The molecule has 0 atom stereocenters. The van der Waals surface area contributed by atoms with Gasteiger partial charge < -0.3 is 20.4 Å². The van der Waals surface area contributed by atoms with E-state index in [1.165, 1.54) is 45.6 Å². The normalized spacial score (nSPS) is 18.6. The van der Waals surface area contributed by atoms with Gasteiger partial charge in [-0.3, -0.25) is 4.99 Å². The molecule has 1 fully saturated rings. The quantitative estimate of drug-likeness (QED) is 0.317. The third-order valence-electron chi connectivity index (χ3n) is 3.40. The summed E-state index contributed by atoms with van der Waals surface area (Å²) in [6.07, 6.45) is 2.46. The average Bonchev–Trinajstić information content (AvgIpc) is 2.57. The second-order valence-electron chi connectivity index (χ2n) is 5.65. The summed E-state index contributed by atoms with van der Waals surface area (Å²) < 4.78 is 0. The zero-order valence-corrected chi connectivity index (χ0v) is 15.8. The van der Waals surface area contributed by atoms with Crippen LogP contribution >= 0.6 is 24.0 Å². The number of rotatable bonds is 5. The molecule has 0 amide bonds. The molecular weight excluding hydrogens is 365 g/mol. The number of nitrogens with zero attached hydrogens (tertiary/aromatic N) is 3. The minimum Gasteiger partial charge on any atom is -0.356 e. The highest BCUT2D eigenvalue weighted by Gasteiger charge is 2.11. The van der Waals surface area contributed by atoms with Gasteiger partial charge in [-0.25, -0.2) is 0 Å². The fraction of sp³-hybridized carbons (Fsp3) is 0.929. The first-order valence-corrected chi connectivity index (χ1v) is 7.50. The number of guanidine groups is 1. The van der Waals surface area contributed by atoms with Crippen LogP contribution < -0.4 is 10.6 Å². The Labute approximate surface area is 141 Å². The Balaban J connectivity index is 0.00000361. The molecule has 1 heterocycles. The third-order valence-corrected chi connectivity index (χ3v) is 3.40. The Morgan fingerprint density at radius 1 is 1.20 bits per heavy atom. The van der Waals surface area contributed by atoms with E-state index >= 15 is 0 Å². The number of likely N-dealkylation sites (N-methyl/N-ethyl adjacent to an activating group) is 1. The second kappa shape index (κ2) is 11.6. The molecule has 0 bridgehead atoms. The number of hydrogen-bond acceptors (Lipinski definition) is 3. The van der Waals surface area contributed by atoms with Crippen molar-refractivity contribution in [2.75, 3.05) is 53.4 Å². The van der Waals surface area contributed by atoms with Gasteiger partial charge in [-0.05, 0) is 53.4 Å². The van der Waals surface area contributed by atoms with Gasteiger partial charge in [0.15, 0.2) is 5.96 Å². The minimum atomic E-state index is 0. The average molecular weight is 397 g/mol. The highest BCUT2D eigenvalue weighted by molar-refractivity contribution is 14.0. The van der Waals surface area contributed by atoms with Gasteiger partial charge in [0, 0.05) is 32.7 Å². The van der Waals surface area contributed by atoms with E-state index in [0.29, 0.717) is 6.04 Å². The van der Waals surface area contributed by atoms with Gasteiger partial charge >= 0.3 is 0 Å². The SMILES string of the molecule is CN=C(NCCCN1CCCN(C)CC1)NC(C)C.I. The number of aliphatic imine (C=N–C) groups is 1. The zero-order valence-electron chi connectivity index (χ0n) is 13.5. The third kappa shape index (κ3) is 8.97. The molecule has 5 nitrogen and oxygen atoms in total. The molecule has 120 valence electrons. The van der Waals surface area contributed by atoms with Crippen LogP contribution in [-0.4, -0.2) is 75.2 Å². The van der Waals surface area contributed by atoms with E-state index in [2.05, 4.69) is 46.3 Å². The molecule has 0 aromatic carbocycles. The van der Waals surface area contributed by atoms with Crippen LogP contribution in [0, 0.1) is 0 Å². The van der Waals surface area contributed by atoms with Crippen molar-refractivity contribution in [3.8, 4) is 0 Å². The van der Waals surface area contributed by atoms with Crippen LogP contribution in [0.25, 0.3) is 0 Å². The van der Waals surface area contributed by atoms with Crippen LogP contribution in [0.15, 0.2) is 4.99 Å². The summed E-state index contributed by atoms with van der Waals surface area (Å²) >= 11 is 0. The number of hydrogen-bond donors (Lipinski definition) is 2. The van der Waals surface area contributed by atoms with Gasteiger partial charge in [0.2, 0.25) is 0 Å². The van der Waals surface area contributed by atoms with E-state index in [-0.39, 0.29) is 24.0 Å². The molecule has 20 heavy (non-hydrogen) atoms. The summed E-state index contributed by atoms with van der Waals surface area (Å²) in [4.78, 5) is 9.21. The largest absolute Gasteiger partial charge is 0.356 e. The van der Waals surface area contributed by atoms with Gasteiger partial charge in [0.1, 0.15) is 0 Å².